The Kier molecular flexibility index (Phi) is 5.16. The maximum atomic E-state index is 13.0. The number of rotatable bonds is 3. The SMILES string of the molecule is Cc1ccccc1N1CCC(S(=O)(=O)c2ccc(C(C)(C)C)cc2)CC1. The van der Waals surface area contributed by atoms with Gasteiger partial charge in [-0.2, -0.15) is 0 Å². The van der Waals surface area contributed by atoms with E-state index in [4.69, 9.17) is 0 Å². The minimum Gasteiger partial charge on any atom is -0.371 e. The summed E-state index contributed by atoms with van der Waals surface area (Å²) < 4.78 is 26.1. The molecule has 0 aromatic heterocycles. The molecule has 1 heterocycles. The molecule has 3 rings (SSSR count). The predicted octanol–water partition coefficient (Wildman–Crippen LogP) is 4.74. The van der Waals surface area contributed by atoms with E-state index in [-0.39, 0.29) is 10.7 Å². The van der Waals surface area contributed by atoms with E-state index in [1.807, 2.05) is 24.3 Å². The molecule has 1 aliphatic rings. The van der Waals surface area contributed by atoms with Gasteiger partial charge in [-0.05, 0) is 54.5 Å². The van der Waals surface area contributed by atoms with Gasteiger partial charge < -0.3 is 4.90 Å². The van der Waals surface area contributed by atoms with Crippen molar-refractivity contribution in [1.82, 2.24) is 0 Å². The van der Waals surface area contributed by atoms with Crippen LogP contribution in [-0.2, 0) is 15.3 Å². The van der Waals surface area contributed by atoms with Crippen molar-refractivity contribution in [1.29, 1.82) is 0 Å². The number of aryl methyl sites for hydroxylation is 1. The van der Waals surface area contributed by atoms with Gasteiger partial charge in [0.2, 0.25) is 0 Å². The third-order valence-electron chi connectivity index (χ3n) is 5.39. The molecule has 0 aliphatic carbocycles. The third-order valence-corrected chi connectivity index (χ3v) is 7.66. The molecular formula is C22H29NO2S. The zero-order valence-electron chi connectivity index (χ0n) is 16.2. The van der Waals surface area contributed by atoms with Crippen molar-refractivity contribution in [3.8, 4) is 0 Å². The van der Waals surface area contributed by atoms with Crippen LogP contribution in [0.5, 0.6) is 0 Å². The zero-order chi connectivity index (χ0) is 18.9. The Hall–Kier alpha value is -1.81. The fraction of sp³-hybridized carbons (Fsp3) is 0.455. The Balaban J connectivity index is 1.73. The van der Waals surface area contributed by atoms with Crippen LogP contribution in [0.4, 0.5) is 5.69 Å². The smallest absolute Gasteiger partial charge is 0.181 e. The molecular weight excluding hydrogens is 342 g/mol. The minimum absolute atomic E-state index is 0.0289. The van der Waals surface area contributed by atoms with E-state index in [1.54, 1.807) is 12.1 Å². The standard InChI is InChI=1S/C22H29NO2S/c1-17-7-5-6-8-21(17)23-15-13-20(14-16-23)26(24,25)19-11-9-18(10-12-19)22(2,3)4/h5-12,20H,13-16H2,1-4H3. The summed E-state index contributed by atoms with van der Waals surface area (Å²) in [5.41, 5.74) is 3.65. The molecule has 3 nitrogen and oxygen atoms in total. The van der Waals surface area contributed by atoms with E-state index >= 15 is 0 Å². The second-order valence-corrected chi connectivity index (χ2v) is 10.5. The van der Waals surface area contributed by atoms with Gasteiger partial charge in [0, 0.05) is 18.8 Å². The van der Waals surface area contributed by atoms with Crippen molar-refractivity contribution < 1.29 is 8.42 Å². The average Bonchev–Trinajstić information content (AvgIpc) is 2.62. The average molecular weight is 372 g/mol. The molecule has 1 saturated heterocycles. The van der Waals surface area contributed by atoms with Crippen molar-refractivity contribution in [3.63, 3.8) is 0 Å². The van der Waals surface area contributed by atoms with E-state index in [9.17, 15) is 8.42 Å². The van der Waals surface area contributed by atoms with Gasteiger partial charge in [-0.15, -0.1) is 0 Å². The van der Waals surface area contributed by atoms with Gasteiger partial charge in [0.25, 0.3) is 0 Å². The monoisotopic (exact) mass is 371 g/mol. The number of sulfone groups is 1. The predicted molar refractivity (Wildman–Crippen MR) is 109 cm³/mol. The maximum Gasteiger partial charge on any atom is 0.181 e. The van der Waals surface area contributed by atoms with Crippen LogP contribution < -0.4 is 4.90 Å². The number of piperidine rings is 1. The van der Waals surface area contributed by atoms with Gasteiger partial charge in [0.15, 0.2) is 9.84 Å². The maximum absolute atomic E-state index is 13.0. The molecule has 140 valence electrons. The second-order valence-electron chi connectivity index (χ2n) is 8.29. The van der Waals surface area contributed by atoms with Crippen molar-refractivity contribution in [2.24, 2.45) is 0 Å². The molecule has 0 atom stereocenters. The first-order valence-electron chi connectivity index (χ1n) is 9.34. The Bertz CT molecular complexity index is 856. The third kappa shape index (κ3) is 3.80. The molecule has 2 aromatic carbocycles. The molecule has 2 aromatic rings. The van der Waals surface area contributed by atoms with Gasteiger partial charge in [-0.1, -0.05) is 51.1 Å². The van der Waals surface area contributed by atoms with Crippen molar-refractivity contribution >= 4 is 15.5 Å². The lowest BCUT2D eigenvalue weighted by Crippen LogP contribution is -2.39. The van der Waals surface area contributed by atoms with Gasteiger partial charge >= 0.3 is 0 Å². The van der Waals surface area contributed by atoms with E-state index < -0.39 is 9.84 Å². The van der Waals surface area contributed by atoms with Crippen LogP contribution >= 0.6 is 0 Å². The summed E-state index contributed by atoms with van der Waals surface area (Å²) in [6.07, 6.45) is 1.36. The highest BCUT2D eigenvalue weighted by Gasteiger charge is 2.31. The summed E-state index contributed by atoms with van der Waals surface area (Å²) >= 11 is 0. The largest absolute Gasteiger partial charge is 0.371 e. The van der Waals surface area contributed by atoms with Crippen molar-refractivity contribution in [3.05, 3.63) is 59.7 Å². The molecule has 0 saturated carbocycles. The van der Waals surface area contributed by atoms with E-state index in [2.05, 4.69) is 44.7 Å². The van der Waals surface area contributed by atoms with Crippen LogP contribution in [0, 0.1) is 6.92 Å². The highest BCUT2D eigenvalue weighted by molar-refractivity contribution is 7.92. The quantitative estimate of drug-likeness (QED) is 0.782. The number of para-hydroxylation sites is 1. The molecule has 0 radical (unpaired) electrons. The van der Waals surface area contributed by atoms with Crippen LogP contribution in [0.3, 0.4) is 0 Å². The topological polar surface area (TPSA) is 37.4 Å². The van der Waals surface area contributed by atoms with E-state index in [1.165, 1.54) is 11.3 Å². The Morgan fingerprint density at radius 3 is 2.04 bits per heavy atom. The highest BCUT2D eigenvalue weighted by atomic mass is 32.2. The fourth-order valence-electron chi connectivity index (χ4n) is 3.66. The van der Waals surface area contributed by atoms with Crippen LogP contribution in [-0.4, -0.2) is 26.8 Å². The van der Waals surface area contributed by atoms with Gasteiger partial charge in [0.05, 0.1) is 10.1 Å². The minimum atomic E-state index is -3.27. The normalized spacial score (nSPS) is 16.7. The summed E-state index contributed by atoms with van der Waals surface area (Å²) in [6.45, 7) is 10.1. The summed E-state index contributed by atoms with van der Waals surface area (Å²) in [7, 11) is -3.27. The molecule has 4 heteroatoms. The first kappa shape index (κ1) is 19.0. The number of nitrogens with zero attached hydrogens (tertiary/aromatic N) is 1. The van der Waals surface area contributed by atoms with Gasteiger partial charge in [0.1, 0.15) is 0 Å². The summed E-state index contributed by atoms with van der Waals surface area (Å²) in [5.74, 6) is 0. The number of hydrogen-bond donors (Lipinski definition) is 0. The van der Waals surface area contributed by atoms with Gasteiger partial charge in [-0.25, -0.2) is 8.42 Å². The van der Waals surface area contributed by atoms with Crippen molar-refractivity contribution in [2.75, 3.05) is 18.0 Å². The van der Waals surface area contributed by atoms with Crippen molar-refractivity contribution in [2.45, 2.75) is 56.1 Å². The highest BCUT2D eigenvalue weighted by Crippen LogP contribution is 2.30. The first-order chi connectivity index (χ1) is 12.2. The summed E-state index contributed by atoms with van der Waals surface area (Å²) in [5, 5.41) is -0.289. The molecule has 26 heavy (non-hydrogen) atoms. The lowest BCUT2D eigenvalue weighted by molar-refractivity contribution is 0.529. The molecule has 0 spiro atoms. The molecule has 0 unspecified atom stereocenters. The van der Waals surface area contributed by atoms with Crippen LogP contribution in [0.2, 0.25) is 0 Å². The lowest BCUT2D eigenvalue weighted by atomic mass is 9.87. The van der Waals surface area contributed by atoms with E-state index in [0.717, 1.165) is 18.7 Å². The molecule has 0 amide bonds. The first-order valence-corrected chi connectivity index (χ1v) is 10.9. The second kappa shape index (κ2) is 7.07. The molecule has 0 bridgehead atoms. The molecule has 1 aliphatic heterocycles. The van der Waals surface area contributed by atoms with E-state index in [0.29, 0.717) is 17.7 Å². The number of anilines is 1. The van der Waals surface area contributed by atoms with Crippen LogP contribution in [0.1, 0.15) is 44.7 Å². The summed E-state index contributed by atoms with van der Waals surface area (Å²) in [4.78, 5) is 2.77. The Labute approximate surface area is 158 Å². The Morgan fingerprint density at radius 2 is 1.50 bits per heavy atom. The lowest BCUT2D eigenvalue weighted by Gasteiger charge is -2.34. The molecule has 1 fully saturated rings. The zero-order valence-corrected chi connectivity index (χ0v) is 17.0. The van der Waals surface area contributed by atoms with Gasteiger partial charge in [-0.3, -0.25) is 0 Å². The Morgan fingerprint density at radius 1 is 0.923 bits per heavy atom. The fourth-order valence-corrected chi connectivity index (χ4v) is 5.39. The van der Waals surface area contributed by atoms with Crippen LogP contribution in [0.15, 0.2) is 53.4 Å². The number of hydrogen-bond acceptors (Lipinski definition) is 3. The van der Waals surface area contributed by atoms with Crippen LogP contribution in [0.25, 0.3) is 0 Å². The summed E-state index contributed by atoms with van der Waals surface area (Å²) in [6, 6.07) is 15.8. The molecule has 0 N–H and O–H groups in total. The number of benzene rings is 2.